The maximum absolute atomic E-state index is 12.8. The van der Waals surface area contributed by atoms with Crippen molar-refractivity contribution in [1.29, 1.82) is 0 Å². The first-order chi connectivity index (χ1) is 16.9. The van der Waals surface area contributed by atoms with Crippen molar-refractivity contribution in [3.63, 3.8) is 0 Å². The van der Waals surface area contributed by atoms with Gasteiger partial charge in [0.1, 0.15) is 11.6 Å². The Morgan fingerprint density at radius 3 is 2.54 bits per heavy atom. The molecule has 35 heavy (non-hydrogen) atoms. The largest absolute Gasteiger partial charge is 0.366 e. The Hall–Kier alpha value is -4.25. The van der Waals surface area contributed by atoms with E-state index in [9.17, 15) is 14.4 Å². The fraction of sp³-hybridized carbons (Fsp3) is 0.292. The lowest BCUT2D eigenvalue weighted by Gasteiger charge is -2.35. The monoisotopic (exact) mass is 475 g/mol. The van der Waals surface area contributed by atoms with Gasteiger partial charge < -0.3 is 15.5 Å². The van der Waals surface area contributed by atoms with Gasteiger partial charge in [-0.25, -0.2) is 20.2 Å². The number of nitrogens with zero attached hydrogens (tertiary/aromatic N) is 4. The van der Waals surface area contributed by atoms with Crippen molar-refractivity contribution in [2.45, 2.75) is 6.42 Å². The minimum absolute atomic E-state index is 0.188. The number of urea groups is 1. The van der Waals surface area contributed by atoms with Crippen LogP contribution in [0.5, 0.6) is 0 Å². The van der Waals surface area contributed by atoms with E-state index in [0.29, 0.717) is 36.3 Å². The molecule has 1 aromatic carbocycles. The molecule has 0 aliphatic carbocycles. The molecule has 2 saturated heterocycles. The Morgan fingerprint density at radius 1 is 1.00 bits per heavy atom. The SMILES string of the molecule is NC(=O)c1ccc2nc(N3CCC4CN(C(=O)Nc5ccc(C(=O)NO)cn5)CC4C3)ccc2c1. The van der Waals surface area contributed by atoms with E-state index in [-0.39, 0.29) is 11.6 Å². The van der Waals surface area contributed by atoms with Crippen LogP contribution in [0.3, 0.4) is 0 Å². The van der Waals surface area contributed by atoms with Gasteiger partial charge in [-0.3, -0.25) is 20.1 Å². The second-order valence-corrected chi connectivity index (χ2v) is 8.90. The van der Waals surface area contributed by atoms with Crippen LogP contribution >= 0.6 is 0 Å². The highest BCUT2D eigenvalue weighted by molar-refractivity contribution is 5.97. The molecule has 0 spiro atoms. The fourth-order valence-corrected chi connectivity index (χ4v) is 4.84. The molecule has 180 valence electrons. The molecule has 11 heteroatoms. The minimum Gasteiger partial charge on any atom is -0.366 e. The van der Waals surface area contributed by atoms with E-state index in [1.165, 1.54) is 18.3 Å². The van der Waals surface area contributed by atoms with Gasteiger partial charge >= 0.3 is 6.03 Å². The van der Waals surface area contributed by atoms with E-state index in [2.05, 4.69) is 15.2 Å². The lowest BCUT2D eigenvalue weighted by molar-refractivity contribution is 0.0706. The Kier molecular flexibility index (Phi) is 5.91. The predicted molar refractivity (Wildman–Crippen MR) is 128 cm³/mol. The number of rotatable bonds is 4. The van der Waals surface area contributed by atoms with Gasteiger partial charge in [-0.2, -0.15) is 0 Å². The molecular formula is C24H25N7O4. The molecule has 2 aliphatic rings. The number of anilines is 2. The number of hydrogen-bond acceptors (Lipinski definition) is 7. The van der Waals surface area contributed by atoms with Crippen LogP contribution in [0.25, 0.3) is 10.9 Å². The summed E-state index contributed by atoms with van der Waals surface area (Å²) in [6.07, 6.45) is 2.24. The van der Waals surface area contributed by atoms with Crippen molar-refractivity contribution < 1.29 is 19.6 Å². The maximum Gasteiger partial charge on any atom is 0.323 e. The number of pyridine rings is 2. The summed E-state index contributed by atoms with van der Waals surface area (Å²) >= 11 is 0. The third-order valence-electron chi connectivity index (χ3n) is 6.73. The van der Waals surface area contributed by atoms with Crippen LogP contribution in [0, 0.1) is 11.8 Å². The van der Waals surface area contributed by atoms with Gasteiger partial charge in [-0.05, 0) is 60.7 Å². The number of hydroxylamine groups is 1. The molecule has 11 nitrogen and oxygen atoms in total. The molecule has 3 aromatic rings. The van der Waals surface area contributed by atoms with E-state index in [1.54, 1.807) is 22.5 Å². The second kappa shape index (κ2) is 9.18. The Balaban J connectivity index is 1.22. The number of amides is 4. The summed E-state index contributed by atoms with van der Waals surface area (Å²) in [5.41, 5.74) is 8.37. The molecule has 4 amide bonds. The molecule has 5 rings (SSSR count). The fourth-order valence-electron chi connectivity index (χ4n) is 4.84. The average Bonchev–Trinajstić information content (AvgIpc) is 3.32. The number of fused-ring (bicyclic) bond motifs is 2. The number of benzene rings is 1. The van der Waals surface area contributed by atoms with Crippen molar-refractivity contribution in [3.8, 4) is 0 Å². The summed E-state index contributed by atoms with van der Waals surface area (Å²) in [6, 6.07) is 11.9. The molecule has 0 bridgehead atoms. The first-order valence-electron chi connectivity index (χ1n) is 11.3. The van der Waals surface area contributed by atoms with Gasteiger partial charge in [0.05, 0.1) is 11.1 Å². The standard InChI is InChI=1S/C24H25N7O4/c25-22(32)15-1-4-19-14(9-15)3-6-21(27-19)30-8-7-17-11-31(13-18(17)12-30)24(34)28-20-5-2-16(10-26-20)23(33)29-35/h1-6,9-10,17-18,35H,7-8,11-13H2,(H2,25,32)(H,29,33)(H,26,28,34). The molecular weight excluding hydrogens is 450 g/mol. The zero-order chi connectivity index (χ0) is 24.5. The summed E-state index contributed by atoms with van der Waals surface area (Å²) in [4.78, 5) is 48.5. The van der Waals surface area contributed by atoms with Gasteiger partial charge in [0, 0.05) is 43.3 Å². The first-order valence-corrected chi connectivity index (χ1v) is 11.3. The number of hydrogen-bond donors (Lipinski definition) is 4. The van der Waals surface area contributed by atoms with Gasteiger partial charge in [0.25, 0.3) is 5.91 Å². The Labute approximate surface area is 200 Å². The van der Waals surface area contributed by atoms with Crippen LogP contribution in [0.4, 0.5) is 16.4 Å². The van der Waals surface area contributed by atoms with Crippen molar-refractivity contribution in [1.82, 2.24) is 20.3 Å². The zero-order valence-electron chi connectivity index (χ0n) is 18.8. The number of likely N-dealkylation sites (tertiary alicyclic amines) is 1. The number of aromatic nitrogens is 2. The molecule has 2 fully saturated rings. The van der Waals surface area contributed by atoms with E-state index in [4.69, 9.17) is 15.9 Å². The molecule has 4 heterocycles. The summed E-state index contributed by atoms with van der Waals surface area (Å²) in [7, 11) is 0. The summed E-state index contributed by atoms with van der Waals surface area (Å²) < 4.78 is 0. The lowest BCUT2D eigenvalue weighted by Crippen LogP contribution is -2.40. The highest BCUT2D eigenvalue weighted by Crippen LogP contribution is 2.33. The second-order valence-electron chi connectivity index (χ2n) is 8.90. The van der Waals surface area contributed by atoms with E-state index < -0.39 is 11.8 Å². The summed E-state index contributed by atoms with van der Waals surface area (Å²) in [6.45, 7) is 2.96. The number of nitrogens with two attached hydrogens (primary N) is 1. The van der Waals surface area contributed by atoms with Crippen molar-refractivity contribution in [3.05, 3.63) is 59.8 Å². The molecule has 2 aliphatic heterocycles. The topological polar surface area (TPSA) is 154 Å². The van der Waals surface area contributed by atoms with Crippen molar-refractivity contribution in [2.24, 2.45) is 17.6 Å². The van der Waals surface area contributed by atoms with Crippen LogP contribution < -0.4 is 21.4 Å². The number of piperidine rings is 1. The molecule has 2 unspecified atom stereocenters. The molecule has 0 saturated carbocycles. The quantitative estimate of drug-likeness (QED) is 0.332. The van der Waals surface area contributed by atoms with Gasteiger partial charge in [0.15, 0.2) is 0 Å². The lowest BCUT2D eigenvalue weighted by atomic mass is 9.89. The van der Waals surface area contributed by atoms with Gasteiger partial charge in [-0.15, -0.1) is 0 Å². The van der Waals surface area contributed by atoms with Crippen molar-refractivity contribution >= 4 is 40.4 Å². The molecule has 2 atom stereocenters. The Morgan fingerprint density at radius 2 is 1.80 bits per heavy atom. The first kappa shape index (κ1) is 22.5. The third-order valence-corrected chi connectivity index (χ3v) is 6.73. The highest BCUT2D eigenvalue weighted by Gasteiger charge is 2.39. The van der Waals surface area contributed by atoms with E-state index in [1.807, 2.05) is 18.2 Å². The maximum atomic E-state index is 12.8. The number of carbonyl (C=O) groups is 3. The number of carbonyl (C=O) groups excluding carboxylic acids is 3. The number of nitrogens with one attached hydrogen (secondary N) is 2. The number of primary amides is 1. The molecule has 2 aromatic heterocycles. The summed E-state index contributed by atoms with van der Waals surface area (Å²) in [5, 5.41) is 12.3. The van der Waals surface area contributed by atoms with E-state index >= 15 is 0 Å². The highest BCUT2D eigenvalue weighted by atomic mass is 16.5. The minimum atomic E-state index is -0.667. The molecule has 0 radical (unpaired) electrons. The summed E-state index contributed by atoms with van der Waals surface area (Å²) in [5.74, 6) is 0.823. The van der Waals surface area contributed by atoms with Crippen LogP contribution in [-0.2, 0) is 0 Å². The van der Waals surface area contributed by atoms with Crippen molar-refractivity contribution in [2.75, 3.05) is 36.4 Å². The normalized spacial score (nSPS) is 19.3. The third kappa shape index (κ3) is 4.58. The van der Waals surface area contributed by atoms with Crippen LogP contribution in [-0.4, -0.2) is 64.1 Å². The predicted octanol–water partition coefficient (Wildman–Crippen LogP) is 1.84. The smallest absolute Gasteiger partial charge is 0.323 e. The zero-order valence-corrected chi connectivity index (χ0v) is 18.8. The Bertz CT molecular complexity index is 1300. The van der Waals surface area contributed by atoms with Crippen LogP contribution in [0.1, 0.15) is 27.1 Å². The van der Waals surface area contributed by atoms with Crippen LogP contribution in [0.2, 0.25) is 0 Å². The van der Waals surface area contributed by atoms with Gasteiger partial charge in [-0.1, -0.05) is 0 Å². The van der Waals surface area contributed by atoms with Crippen LogP contribution in [0.15, 0.2) is 48.7 Å². The molecule has 5 N–H and O–H groups in total. The van der Waals surface area contributed by atoms with Gasteiger partial charge in [0.2, 0.25) is 5.91 Å². The van der Waals surface area contributed by atoms with E-state index in [0.717, 1.165) is 36.2 Å². The average molecular weight is 476 g/mol.